The summed E-state index contributed by atoms with van der Waals surface area (Å²) >= 11 is 0. The molecule has 21 heavy (non-hydrogen) atoms. The third-order valence-corrected chi connectivity index (χ3v) is 4.79. The van der Waals surface area contributed by atoms with Crippen molar-refractivity contribution in [2.75, 3.05) is 7.11 Å². The van der Waals surface area contributed by atoms with E-state index in [0.717, 1.165) is 16.0 Å². The second kappa shape index (κ2) is 6.68. The van der Waals surface area contributed by atoms with Gasteiger partial charge in [0, 0.05) is 4.90 Å². The number of ether oxygens (including phenoxy) is 1. The predicted octanol–water partition coefficient (Wildman–Crippen LogP) is 3.40. The molecule has 2 rings (SSSR count). The molecule has 0 amide bonds. The second-order valence-electron chi connectivity index (χ2n) is 4.92. The first-order chi connectivity index (χ1) is 10.0. The Morgan fingerprint density at radius 3 is 2.29 bits per heavy atom. The van der Waals surface area contributed by atoms with Crippen LogP contribution in [0.4, 0.5) is 0 Å². The Hall–Kier alpha value is -1.94. The zero-order chi connectivity index (χ0) is 15.4. The molecule has 2 aromatic rings. The predicted molar refractivity (Wildman–Crippen MR) is 83.8 cm³/mol. The highest BCUT2D eigenvalue weighted by molar-refractivity contribution is 7.84. The molecule has 0 saturated carbocycles. The third kappa shape index (κ3) is 3.79. The van der Waals surface area contributed by atoms with Gasteiger partial charge in [-0.15, -0.1) is 0 Å². The lowest BCUT2D eigenvalue weighted by atomic mass is 10.1. The van der Waals surface area contributed by atoms with Gasteiger partial charge in [0.2, 0.25) is 0 Å². The van der Waals surface area contributed by atoms with E-state index in [0.29, 0.717) is 11.3 Å². The van der Waals surface area contributed by atoms with Crippen molar-refractivity contribution in [3.63, 3.8) is 0 Å². The Kier molecular flexibility index (Phi) is 4.91. The Morgan fingerprint density at radius 2 is 1.71 bits per heavy atom. The van der Waals surface area contributed by atoms with Crippen molar-refractivity contribution in [2.45, 2.75) is 24.5 Å². The number of hydrogen-bond acceptors (Lipinski definition) is 3. The van der Waals surface area contributed by atoms with Crippen molar-refractivity contribution >= 4 is 16.8 Å². The largest absolute Gasteiger partial charge is 0.465 e. The van der Waals surface area contributed by atoms with E-state index in [2.05, 4.69) is 4.74 Å². The highest BCUT2D eigenvalue weighted by atomic mass is 32.2. The van der Waals surface area contributed by atoms with Crippen molar-refractivity contribution in [3.05, 3.63) is 64.7 Å². The molecule has 110 valence electrons. The molecule has 3 nitrogen and oxygen atoms in total. The molecule has 0 spiro atoms. The molecule has 2 aromatic carbocycles. The maximum atomic E-state index is 12.4. The molecule has 0 aliphatic carbocycles. The van der Waals surface area contributed by atoms with E-state index in [4.69, 9.17) is 0 Å². The van der Waals surface area contributed by atoms with Crippen molar-refractivity contribution in [3.8, 4) is 0 Å². The van der Waals surface area contributed by atoms with E-state index in [1.807, 2.05) is 44.2 Å². The first-order valence-electron chi connectivity index (χ1n) is 6.64. The molecule has 0 saturated heterocycles. The van der Waals surface area contributed by atoms with Crippen LogP contribution >= 0.6 is 0 Å². The van der Waals surface area contributed by atoms with Crippen LogP contribution in [0.2, 0.25) is 0 Å². The fourth-order valence-corrected chi connectivity index (χ4v) is 3.14. The van der Waals surface area contributed by atoms with Gasteiger partial charge in [-0.1, -0.05) is 18.2 Å². The van der Waals surface area contributed by atoms with E-state index >= 15 is 0 Å². The summed E-state index contributed by atoms with van der Waals surface area (Å²) in [6, 6.07) is 12.9. The summed E-state index contributed by atoms with van der Waals surface area (Å²) in [6.45, 7) is 4.05. The molecule has 0 radical (unpaired) electrons. The SMILES string of the molecule is COC(=O)c1ccc(CS(=O)c2ccc(C)c(C)c2)cc1. The standard InChI is InChI=1S/C17H18O3S/c1-12-4-9-16(10-13(12)2)21(19)11-14-5-7-15(8-6-14)17(18)20-3/h4-10H,11H2,1-3H3. The normalized spacial score (nSPS) is 12.0. The van der Waals surface area contributed by atoms with Gasteiger partial charge < -0.3 is 4.74 Å². The average molecular weight is 302 g/mol. The van der Waals surface area contributed by atoms with E-state index < -0.39 is 10.8 Å². The van der Waals surface area contributed by atoms with E-state index in [1.165, 1.54) is 12.7 Å². The number of esters is 1. The first kappa shape index (κ1) is 15.4. The fourth-order valence-electron chi connectivity index (χ4n) is 1.95. The van der Waals surface area contributed by atoms with Crippen molar-refractivity contribution < 1.29 is 13.7 Å². The molecule has 1 atom stereocenters. The number of methoxy groups -OCH3 is 1. The number of carbonyl (C=O) groups excluding carboxylic acids is 1. The Bertz CT molecular complexity index is 675. The van der Waals surface area contributed by atoms with Gasteiger partial charge >= 0.3 is 5.97 Å². The number of hydrogen-bond donors (Lipinski definition) is 0. The summed E-state index contributed by atoms with van der Waals surface area (Å²) in [4.78, 5) is 12.2. The lowest BCUT2D eigenvalue weighted by Crippen LogP contribution is -2.02. The van der Waals surface area contributed by atoms with Crippen LogP contribution in [0.1, 0.15) is 27.0 Å². The molecule has 0 N–H and O–H groups in total. The van der Waals surface area contributed by atoms with Crippen molar-refractivity contribution in [1.82, 2.24) is 0 Å². The molecule has 4 heteroatoms. The molecular formula is C17H18O3S. The Labute approximate surface area is 127 Å². The van der Waals surface area contributed by atoms with Gasteiger partial charge in [-0.3, -0.25) is 4.21 Å². The molecule has 0 heterocycles. The molecule has 0 aliphatic rings. The molecular weight excluding hydrogens is 284 g/mol. The van der Waals surface area contributed by atoms with E-state index in [-0.39, 0.29) is 5.97 Å². The summed E-state index contributed by atoms with van der Waals surface area (Å²) < 4.78 is 17.0. The minimum Gasteiger partial charge on any atom is -0.465 e. The van der Waals surface area contributed by atoms with Gasteiger partial charge in [0.1, 0.15) is 0 Å². The van der Waals surface area contributed by atoms with Gasteiger partial charge in [0.15, 0.2) is 0 Å². The highest BCUT2D eigenvalue weighted by Gasteiger charge is 2.08. The summed E-state index contributed by atoms with van der Waals surface area (Å²) in [5.74, 6) is 0.0704. The number of benzene rings is 2. The van der Waals surface area contributed by atoms with Crippen molar-refractivity contribution in [2.24, 2.45) is 0 Å². The molecule has 0 aromatic heterocycles. The van der Waals surface area contributed by atoms with Crippen LogP contribution < -0.4 is 0 Å². The number of rotatable bonds is 4. The highest BCUT2D eigenvalue weighted by Crippen LogP contribution is 2.17. The van der Waals surface area contributed by atoms with Crippen LogP contribution in [-0.4, -0.2) is 17.3 Å². The summed E-state index contributed by atoms with van der Waals surface area (Å²) in [7, 11) is 0.264. The fraction of sp³-hybridized carbons (Fsp3) is 0.235. The maximum Gasteiger partial charge on any atom is 0.337 e. The Morgan fingerprint density at radius 1 is 1.05 bits per heavy atom. The van der Waals surface area contributed by atoms with Crippen LogP contribution in [0.15, 0.2) is 47.4 Å². The van der Waals surface area contributed by atoms with Gasteiger partial charge in [0.25, 0.3) is 0 Å². The van der Waals surface area contributed by atoms with Crippen LogP contribution in [0.5, 0.6) is 0 Å². The maximum absolute atomic E-state index is 12.4. The summed E-state index contributed by atoms with van der Waals surface area (Å²) in [5, 5.41) is 0. The lowest BCUT2D eigenvalue weighted by molar-refractivity contribution is 0.0600. The topological polar surface area (TPSA) is 43.4 Å². The van der Waals surface area contributed by atoms with Gasteiger partial charge in [0.05, 0.1) is 29.2 Å². The number of carbonyl (C=O) groups is 1. The van der Waals surface area contributed by atoms with Gasteiger partial charge in [-0.2, -0.15) is 0 Å². The lowest BCUT2D eigenvalue weighted by Gasteiger charge is -2.06. The van der Waals surface area contributed by atoms with Crippen LogP contribution in [0.3, 0.4) is 0 Å². The monoisotopic (exact) mass is 302 g/mol. The average Bonchev–Trinajstić information content (AvgIpc) is 2.50. The minimum atomic E-state index is -1.09. The zero-order valence-electron chi connectivity index (χ0n) is 12.4. The van der Waals surface area contributed by atoms with Crippen LogP contribution in [0.25, 0.3) is 0 Å². The van der Waals surface area contributed by atoms with Gasteiger partial charge in [-0.05, 0) is 54.8 Å². The Balaban J connectivity index is 2.12. The zero-order valence-corrected chi connectivity index (χ0v) is 13.2. The third-order valence-electron chi connectivity index (χ3n) is 3.41. The molecule has 1 unspecified atom stereocenters. The second-order valence-corrected chi connectivity index (χ2v) is 6.38. The first-order valence-corrected chi connectivity index (χ1v) is 7.96. The van der Waals surface area contributed by atoms with E-state index in [1.54, 1.807) is 12.1 Å². The van der Waals surface area contributed by atoms with Gasteiger partial charge in [-0.25, -0.2) is 4.79 Å². The molecule has 0 fully saturated rings. The van der Waals surface area contributed by atoms with Crippen LogP contribution in [0, 0.1) is 13.8 Å². The smallest absolute Gasteiger partial charge is 0.337 e. The minimum absolute atomic E-state index is 0.364. The van der Waals surface area contributed by atoms with E-state index in [9.17, 15) is 9.00 Å². The quantitative estimate of drug-likeness (QED) is 0.813. The summed E-state index contributed by atoms with van der Waals surface area (Å²) in [5.41, 5.74) is 3.76. The molecule has 0 bridgehead atoms. The molecule has 0 aliphatic heterocycles. The van der Waals surface area contributed by atoms with Crippen LogP contribution in [-0.2, 0) is 21.3 Å². The number of aryl methyl sites for hydroxylation is 2. The van der Waals surface area contributed by atoms with Crippen molar-refractivity contribution in [1.29, 1.82) is 0 Å². The summed E-state index contributed by atoms with van der Waals surface area (Å²) in [6.07, 6.45) is 0.